The van der Waals surface area contributed by atoms with Crippen LogP contribution in [0.15, 0.2) is 0 Å². The molecule has 1 saturated heterocycles. The van der Waals surface area contributed by atoms with Gasteiger partial charge in [0.25, 0.3) is 0 Å². The number of aromatic amines is 1. The monoisotopic (exact) mass is 503 g/mol. The van der Waals surface area contributed by atoms with Crippen LogP contribution in [0.5, 0.6) is 0 Å². The molecule has 0 radical (unpaired) electrons. The highest BCUT2D eigenvalue weighted by atomic mass is 127. The molecule has 2 heterocycles. The van der Waals surface area contributed by atoms with Crippen molar-refractivity contribution in [1.82, 2.24) is 14.9 Å². The quantitative estimate of drug-likeness (QED) is 0.572. The van der Waals surface area contributed by atoms with E-state index in [0.29, 0.717) is 12.5 Å². The molecule has 0 aliphatic carbocycles. The molecule has 0 unspecified atom stereocenters. The number of hydrogen-bond acceptors (Lipinski definition) is 2. The molecule has 2 N–H and O–H groups in total. The number of nitrogens with one attached hydrogen (secondary N) is 1. The van der Waals surface area contributed by atoms with Gasteiger partial charge in [0, 0.05) is 6.54 Å². The van der Waals surface area contributed by atoms with Crippen LogP contribution >= 0.6 is 45.2 Å². The number of rotatable bonds is 1. The summed E-state index contributed by atoms with van der Waals surface area (Å²) in [5, 5.41) is 9.65. The smallest absolute Gasteiger partial charge is 0.408 e. The lowest BCUT2D eigenvalue weighted by Gasteiger charge is -2.45. The predicted molar refractivity (Wildman–Crippen MR) is 93.7 cm³/mol. The van der Waals surface area contributed by atoms with Gasteiger partial charge in [-0.3, -0.25) is 4.90 Å². The molecular weight excluding hydrogens is 484 g/mol. The zero-order valence-electron chi connectivity index (χ0n) is 12.0. The van der Waals surface area contributed by atoms with Crippen molar-refractivity contribution in [2.24, 2.45) is 11.3 Å². The second-order valence-corrected chi connectivity index (χ2v) is 8.60. The summed E-state index contributed by atoms with van der Waals surface area (Å²) in [4.78, 5) is 21.2. The van der Waals surface area contributed by atoms with E-state index in [2.05, 4.69) is 82.8 Å². The topological polar surface area (TPSA) is 69.2 Å². The van der Waals surface area contributed by atoms with Crippen molar-refractivity contribution in [3.05, 3.63) is 13.2 Å². The van der Waals surface area contributed by atoms with Crippen LogP contribution in [0.4, 0.5) is 4.79 Å². The number of likely N-dealkylation sites (tertiary alicyclic amines) is 1. The molecule has 0 bridgehead atoms. The summed E-state index contributed by atoms with van der Waals surface area (Å²) in [6.07, 6.45) is -0.0756. The van der Waals surface area contributed by atoms with Crippen LogP contribution in [-0.4, -0.2) is 32.6 Å². The number of carbonyl (C=O) groups is 1. The first-order valence-corrected chi connectivity index (χ1v) is 8.67. The third kappa shape index (κ3) is 2.44. The molecule has 1 aliphatic rings. The van der Waals surface area contributed by atoms with Crippen molar-refractivity contribution < 1.29 is 9.90 Å². The van der Waals surface area contributed by atoms with Crippen molar-refractivity contribution in [3.8, 4) is 0 Å². The van der Waals surface area contributed by atoms with Gasteiger partial charge >= 0.3 is 6.09 Å². The van der Waals surface area contributed by atoms with Gasteiger partial charge in [-0.15, -0.1) is 0 Å². The second-order valence-electron chi connectivity index (χ2n) is 6.50. The maximum absolute atomic E-state index is 11.8. The van der Waals surface area contributed by atoms with E-state index in [9.17, 15) is 9.90 Å². The number of nitrogens with zero attached hydrogens (tertiary/aromatic N) is 2. The van der Waals surface area contributed by atoms with Gasteiger partial charge in [0.1, 0.15) is 18.8 Å². The third-order valence-corrected chi connectivity index (χ3v) is 6.67. The van der Waals surface area contributed by atoms with E-state index in [1.54, 1.807) is 4.90 Å². The summed E-state index contributed by atoms with van der Waals surface area (Å²) in [7, 11) is 0. The predicted octanol–water partition coefficient (Wildman–Crippen LogP) is 3.88. The molecule has 0 spiro atoms. The zero-order valence-corrected chi connectivity index (χ0v) is 16.3. The molecule has 5 nitrogen and oxygen atoms in total. The summed E-state index contributed by atoms with van der Waals surface area (Å²) >= 11 is 4.38. The van der Waals surface area contributed by atoms with E-state index < -0.39 is 11.6 Å². The standard InChI is InChI=1S/C13H19I2N3O2/c1-7-5-13(12(2,3)4,18(6-7)11(19)20)10-16-8(14)9(15)17-10/h7H,5-6H2,1-4H3,(H,16,17)(H,19,20)/t7-,13+/m0/s1. The molecule has 1 fully saturated rings. The summed E-state index contributed by atoms with van der Waals surface area (Å²) in [5.41, 5.74) is -0.832. The SMILES string of the molecule is C[C@@H]1CN(C(=O)O)[C@](c2nc(I)c(I)[nH]2)(C(C)(C)C)C1. The molecule has 1 aromatic rings. The fourth-order valence-corrected chi connectivity index (χ4v) is 3.96. The Balaban J connectivity index is 2.65. The summed E-state index contributed by atoms with van der Waals surface area (Å²) in [6.45, 7) is 8.92. The van der Waals surface area contributed by atoms with Gasteiger partial charge in [-0.25, -0.2) is 9.78 Å². The number of hydrogen-bond donors (Lipinski definition) is 2. The first kappa shape index (κ1) is 16.3. The van der Waals surface area contributed by atoms with Crippen LogP contribution in [0, 0.1) is 18.7 Å². The summed E-state index contributed by atoms with van der Waals surface area (Å²) in [5.74, 6) is 1.09. The molecule has 2 rings (SSSR count). The zero-order chi connectivity index (χ0) is 15.3. The molecule has 7 heteroatoms. The van der Waals surface area contributed by atoms with Gasteiger partial charge in [-0.1, -0.05) is 27.7 Å². The van der Waals surface area contributed by atoms with Crippen LogP contribution in [0.3, 0.4) is 0 Å². The number of aromatic nitrogens is 2. The van der Waals surface area contributed by atoms with E-state index >= 15 is 0 Å². The van der Waals surface area contributed by atoms with E-state index in [4.69, 9.17) is 0 Å². The van der Waals surface area contributed by atoms with Crippen molar-refractivity contribution >= 4 is 51.3 Å². The molecule has 112 valence electrons. The Kier molecular flexibility index (Phi) is 4.32. The average Bonchev–Trinajstić information content (AvgIpc) is 2.80. The lowest BCUT2D eigenvalue weighted by atomic mass is 9.70. The van der Waals surface area contributed by atoms with Crippen LogP contribution in [0.1, 0.15) is 39.9 Å². The highest BCUT2D eigenvalue weighted by Gasteiger charge is 2.57. The Morgan fingerprint density at radius 2 is 2.10 bits per heavy atom. The van der Waals surface area contributed by atoms with Gasteiger partial charge in [0.15, 0.2) is 0 Å². The molecule has 1 amide bonds. The van der Waals surface area contributed by atoms with Crippen molar-refractivity contribution in [2.45, 2.75) is 39.7 Å². The van der Waals surface area contributed by atoms with E-state index in [1.807, 2.05) is 0 Å². The number of halogens is 2. The van der Waals surface area contributed by atoms with Crippen LogP contribution in [-0.2, 0) is 5.54 Å². The number of imidazole rings is 1. The maximum Gasteiger partial charge on any atom is 0.408 e. The first-order chi connectivity index (χ1) is 9.09. The van der Waals surface area contributed by atoms with Crippen LogP contribution < -0.4 is 0 Å². The van der Waals surface area contributed by atoms with E-state index in [1.165, 1.54) is 0 Å². The van der Waals surface area contributed by atoms with Gasteiger partial charge in [-0.05, 0) is 62.9 Å². The molecule has 1 aromatic heterocycles. The first-order valence-electron chi connectivity index (χ1n) is 6.51. The normalized spacial score (nSPS) is 27.1. The third-order valence-electron chi connectivity index (χ3n) is 4.08. The molecule has 0 aromatic carbocycles. The molecule has 2 atom stereocenters. The number of H-pyrrole nitrogens is 1. The lowest BCUT2D eigenvalue weighted by molar-refractivity contribution is 0.0214. The maximum atomic E-state index is 11.8. The summed E-state index contributed by atoms with van der Waals surface area (Å²) < 4.78 is 1.86. The molecule has 0 saturated carbocycles. The fraction of sp³-hybridized carbons (Fsp3) is 0.692. The van der Waals surface area contributed by atoms with Gasteiger partial charge in [-0.2, -0.15) is 0 Å². The van der Waals surface area contributed by atoms with Crippen molar-refractivity contribution in [3.63, 3.8) is 0 Å². The van der Waals surface area contributed by atoms with E-state index in [-0.39, 0.29) is 5.41 Å². The molecular formula is C13H19I2N3O2. The Morgan fingerprint density at radius 3 is 2.50 bits per heavy atom. The average molecular weight is 503 g/mol. The summed E-state index contributed by atoms with van der Waals surface area (Å²) in [6, 6.07) is 0. The Morgan fingerprint density at radius 1 is 1.50 bits per heavy atom. The van der Waals surface area contributed by atoms with Crippen molar-refractivity contribution in [2.75, 3.05) is 6.54 Å². The second kappa shape index (κ2) is 5.29. The Labute approximate surface area is 146 Å². The minimum atomic E-state index is -0.870. The highest BCUT2D eigenvalue weighted by Crippen LogP contribution is 2.52. The number of amides is 1. The molecule has 1 aliphatic heterocycles. The van der Waals surface area contributed by atoms with Crippen LogP contribution in [0.25, 0.3) is 0 Å². The minimum absolute atomic E-state index is 0.236. The number of carboxylic acid groups (broad SMARTS) is 1. The van der Waals surface area contributed by atoms with Gasteiger partial charge < -0.3 is 10.1 Å². The van der Waals surface area contributed by atoms with Crippen LogP contribution in [0.2, 0.25) is 0 Å². The van der Waals surface area contributed by atoms with Gasteiger partial charge in [0.05, 0.1) is 0 Å². The minimum Gasteiger partial charge on any atom is -0.465 e. The lowest BCUT2D eigenvalue weighted by Crippen LogP contribution is -2.53. The Bertz CT molecular complexity index is 519. The fourth-order valence-electron chi connectivity index (χ4n) is 3.21. The van der Waals surface area contributed by atoms with Crippen molar-refractivity contribution in [1.29, 1.82) is 0 Å². The van der Waals surface area contributed by atoms with Gasteiger partial charge in [0.2, 0.25) is 0 Å². The van der Waals surface area contributed by atoms with E-state index in [0.717, 1.165) is 19.6 Å². The Hall–Kier alpha value is -0.0600. The molecule has 20 heavy (non-hydrogen) atoms. The largest absolute Gasteiger partial charge is 0.465 e. The highest BCUT2D eigenvalue weighted by molar-refractivity contribution is 14.1.